The molecule has 0 radical (unpaired) electrons. The third-order valence-corrected chi connectivity index (χ3v) is 8.56. The average molecular weight is 499 g/mol. The summed E-state index contributed by atoms with van der Waals surface area (Å²) in [5, 5.41) is 2.15. The highest BCUT2D eigenvalue weighted by molar-refractivity contribution is 7.89. The van der Waals surface area contributed by atoms with E-state index >= 15 is 0 Å². The molecule has 1 N–H and O–H groups in total. The Bertz CT molecular complexity index is 1260. The van der Waals surface area contributed by atoms with Crippen molar-refractivity contribution in [1.29, 1.82) is 0 Å². The number of nitrogens with zero attached hydrogens (tertiary/aromatic N) is 1. The summed E-state index contributed by atoms with van der Waals surface area (Å²) >= 11 is 0. The first-order chi connectivity index (χ1) is 16.4. The zero-order valence-corrected chi connectivity index (χ0v) is 20.9. The Labute approximate surface area is 205 Å². The molecule has 1 saturated carbocycles. The Hall–Kier alpha value is -3.04. The monoisotopic (exact) mass is 498 g/mol. The Balaban J connectivity index is 1.42. The van der Waals surface area contributed by atoms with Gasteiger partial charge in [0.25, 0.3) is 11.8 Å². The molecule has 9 heteroatoms. The van der Waals surface area contributed by atoms with E-state index in [1.807, 2.05) is 0 Å². The lowest BCUT2D eigenvalue weighted by molar-refractivity contribution is -0.123. The molecule has 0 aromatic heterocycles. The fraction of sp³-hybridized carbons (Fsp3) is 0.423. The van der Waals surface area contributed by atoms with Crippen molar-refractivity contribution in [3.05, 3.63) is 65.7 Å². The number of carbonyl (C=O) groups excluding carboxylic acids is 3. The normalized spacial score (nSPS) is 23.5. The molecule has 2 aromatic rings. The Morgan fingerprint density at radius 2 is 1.69 bits per heavy atom. The average Bonchev–Trinajstić information content (AvgIpc) is 3.07. The third kappa shape index (κ3) is 5.46. The van der Waals surface area contributed by atoms with Gasteiger partial charge >= 0.3 is 5.97 Å². The molecule has 2 bridgehead atoms. The summed E-state index contributed by atoms with van der Waals surface area (Å²) in [6.45, 7) is 6.27. The molecule has 2 amide bonds. The van der Waals surface area contributed by atoms with E-state index in [9.17, 15) is 22.8 Å². The second-order valence-electron chi connectivity index (χ2n) is 10.6. The number of rotatable bonds is 6. The number of hydrogen-bond donors (Lipinski definition) is 1. The molecule has 4 rings (SSSR count). The van der Waals surface area contributed by atoms with E-state index < -0.39 is 34.4 Å². The summed E-state index contributed by atoms with van der Waals surface area (Å²) in [5.41, 5.74) is 0.312. The van der Waals surface area contributed by atoms with Crippen LogP contribution < -0.4 is 5.32 Å². The van der Waals surface area contributed by atoms with Gasteiger partial charge < -0.3 is 4.74 Å². The van der Waals surface area contributed by atoms with Crippen LogP contribution in [0.25, 0.3) is 0 Å². The molecule has 2 aromatic carbocycles. The number of nitrogens with one attached hydrogen (secondary N) is 1. The van der Waals surface area contributed by atoms with E-state index in [2.05, 4.69) is 26.1 Å². The fourth-order valence-electron chi connectivity index (χ4n) is 5.65. The quantitative estimate of drug-likeness (QED) is 0.612. The minimum atomic E-state index is -3.81. The predicted octanol–water partition coefficient (Wildman–Crippen LogP) is 3.39. The van der Waals surface area contributed by atoms with Crippen LogP contribution in [0.5, 0.6) is 0 Å². The molecule has 1 saturated heterocycles. The molecule has 186 valence electrons. The van der Waals surface area contributed by atoms with Crippen molar-refractivity contribution in [2.24, 2.45) is 10.8 Å². The lowest BCUT2D eigenvalue weighted by atomic mass is 9.65. The molecule has 8 nitrogen and oxygen atoms in total. The summed E-state index contributed by atoms with van der Waals surface area (Å²) in [5.74, 6) is -2.23. The van der Waals surface area contributed by atoms with Crippen LogP contribution in [-0.2, 0) is 19.6 Å². The number of hydrogen-bond acceptors (Lipinski definition) is 6. The van der Waals surface area contributed by atoms with Crippen molar-refractivity contribution in [1.82, 2.24) is 9.62 Å². The molecule has 2 atom stereocenters. The van der Waals surface area contributed by atoms with E-state index in [0.29, 0.717) is 12.1 Å². The maximum absolute atomic E-state index is 13.5. The number of carbonyl (C=O) groups is 3. The van der Waals surface area contributed by atoms with E-state index in [-0.39, 0.29) is 27.3 Å². The number of sulfonamides is 1. The second kappa shape index (κ2) is 9.20. The van der Waals surface area contributed by atoms with Gasteiger partial charge in [-0.1, -0.05) is 45.0 Å². The van der Waals surface area contributed by atoms with Crippen molar-refractivity contribution in [3.63, 3.8) is 0 Å². The zero-order chi connectivity index (χ0) is 25.4. The van der Waals surface area contributed by atoms with Gasteiger partial charge in [-0.15, -0.1) is 0 Å². The molecular formula is C26H30N2O6S. The molecular weight excluding hydrogens is 468 g/mol. The standard InChI is InChI=1S/C26H30N2O6S/c1-25(2)13-20-14-26(3,16-25)17-28(20)35(32,33)21-11-7-10-19(12-21)24(31)34-15-22(29)27-23(30)18-8-5-4-6-9-18/h4-12,20H,13-17H2,1-3H3,(H,27,29,30). The lowest BCUT2D eigenvalue weighted by Gasteiger charge is -2.39. The van der Waals surface area contributed by atoms with Crippen LogP contribution in [-0.4, -0.2) is 49.7 Å². The Morgan fingerprint density at radius 1 is 1.00 bits per heavy atom. The van der Waals surface area contributed by atoms with Gasteiger partial charge in [-0.05, 0) is 60.4 Å². The third-order valence-electron chi connectivity index (χ3n) is 6.67. The van der Waals surface area contributed by atoms with Gasteiger partial charge in [-0.3, -0.25) is 14.9 Å². The topological polar surface area (TPSA) is 110 Å². The van der Waals surface area contributed by atoms with Gasteiger partial charge in [-0.2, -0.15) is 4.31 Å². The molecule has 35 heavy (non-hydrogen) atoms. The number of imide groups is 1. The van der Waals surface area contributed by atoms with Crippen molar-refractivity contribution >= 4 is 27.8 Å². The summed E-state index contributed by atoms with van der Waals surface area (Å²) in [4.78, 5) is 36.6. The van der Waals surface area contributed by atoms with Crippen molar-refractivity contribution < 1.29 is 27.5 Å². The highest BCUT2D eigenvalue weighted by Crippen LogP contribution is 2.53. The van der Waals surface area contributed by atoms with Crippen molar-refractivity contribution in [2.75, 3.05) is 13.2 Å². The van der Waals surface area contributed by atoms with Crippen molar-refractivity contribution in [2.45, 2.75) is 51.0 Å². The number of benzene rings is 2. The molecule has 2 unspecified atom stereocenters. The van der Waals surface area contributed by atoms with Gasteiger partial charge in [0.2, 0.25) is 10.0 Å². The SMILES string of the molecule is CC1(C)CC2CC(C)(CN2S(=O)(=O)c2cccc(C(=O)OCC(=O)NC(=O)c3ccccc3)c2)C1. The predicted molar refractivity (Wildman–Crippen MR) is 129 cm³/mol. The van der Waals surface area contributed by atoms with Crippen LogP contribution in [0, 0.1) is 10.8 Å². The van der Waals surface area contributed by atoms with Crippen LogP contribution in [0.15, 0.2) is 59.5 Å². The summed E-state index contributed by atoms with van der Waals surface area (Å²) in [6.07, 6.45) is 2.58. The van der Waals surface area contributed by atoms with Gasteiger partial charge in [0.1, 0.15) is 0 Å². The van der Waals surface area contributed by atoms with E-state index in [1.165, 1.54) is 24.3 Å². The first-order valence-corrected chi connectivity index (χ1v) is 13.0. The number of fused-ring (bicyclic) bond motifs is 2. The van der Waals surface area contributed by atoms with Gasteiger partial charge in [-0.25, -0.2) is 13.2 Å². The van der Waals surface area contributed by atoms with E-state index in [4.69, 9.17) is 4.74 Å². The Morgan fingerprint density at radius 3 is 2.40 bits per heavy atom. The van der Waals surface area contributed by atoms with Crippen molar-refractivity contribution in [3.8, 4) is 0 Å². The summed E-state index contributed by atoms with van der Waals surface area (Å²) in [6, 6.07) is 13.8. The second-order valence-corrected chi connectivity index (χ2v) is 12.5. The van der Waals surface area contributed by atoms with Crippen LogP contribution in [0.1, 0.15) is 60.7 Å². The first-order valence-electron chi connectivity index (χ1n) is 11.6. The minimum absolute atomic E-state index is 0.0157. The lowest BCUT2D eigenvalue weighted by Crippen LogP contribution is -2.37. The van der Waals surface area contributed by atoms with Gasteiger partial charge in [0.05, 0.1) is 10.5 Å². The molecule has 2 aliphatic rings. The van der Waals surface area contributed by atoms with Crippen LogP contribution in [0.4, 0.5) is 0 Å². The van der Waals surface area contributed by atoms with Crippen LogP contribution in [0.3, 0.4) is 0 Å². The van der Waals surface area contributed by atoms with E-state index in [1.54, 1.807) is 34.6 Å². The molecule has 0 spiro atoms. The number of ether oxygens (including phenoxy) is 1. The molecule has 1 aliphatic heterocycles. The highest BCUT2D eigenvalue weighted by atomic mass is 32.2. The number of amides is 2. The Kier molecular flexibility index (Phi) is 6.59. The van der Waals surface area contributed by atoms with Gasteiger partial charge in [0.15, 0.2) is 6.61 Å². The molecule has 2 fully saturated rings. The first kappa shape index (κ1) is 25.1. The number of esters is 1. The molecule has 1 heterocycles. The maximum Gasteiger partial charge on any atom is 0.338 e. The van der Waals surface area contributed by atoms with E-state index in [0.717, 1.165) is 19.3 Å². The maximum atomic E-state index is 13.5. The zero-order valence-electron chi connectivity index (χ0n) is 20.1. The fourth-order valence-corrected chi connectivity index (χ4v) is 7.47. The summed E-state index contributed by atoms with van der Waals surface area (Å²) < 4.78 is 33.6. The van der Waals surface area contributed by atoms with Gasteiger partial charge in [0, 0.05) is 18.2 Å². The largest absolute Gasteiger partial charge is 0.452 e. The van der Waals surface area contributed by atoms with Crippen LogP contribution in [0.2, 0.25) is 0 Å². The molecule has 1 aliphatic carbocycles. The smallest absolute Gasteiger partial charge is 0.338 e. The summed E-state index contributed by atoms with van der Waals surface area (Å²) in [7, 11) is -3.81. The van der Waals surface area contributed by atoms with Crippen LogP contribution >= 0.6 is 0 Å². The minimum Gasteiger partial charge on any atom is -0.452 e. The highest BCUT2D eigenvalue weighted by Gasteiger charge is 2.53.